The van der Waals surface area contributed by atoms with E-state index in [9.17, 15) is 0 Å². The van der Waals surface area contributed by atoms with Gasteiger partial charge in [0, 0.05) is 15.2 Å². The molecule has 0 unspecified atom stereocenters. The molecule has 1 aromatic rings. The van der Waals surface area contributed by atoms with Crippen molar-refractivity contribution in [2.45, 2.75) is 0 Å². The minimum atomic E-state index is 0.632. The first kappa shape index (κ1) is 8.37. The Morgan fingerprint density at radius 3 is 2.40 bits per heavy atom. The van der Waals surface area contributed by atoms with Crippen LogP contribution in [0.5, 0.6) is 0 Å². The minimum Gasteiger partial charge on any atom is -0.398 e. The van der Waals surface area contributed by atoms with Gasteiger partial charge in [0.2, 0.25) is 0 Å². The molecule has 0 aliphatic heterocycles. The average Bonchev–Trinajstić information content (AvgIpc) is 1.82. The zero-order chi connectivity index (χ0) is 7.72. The van der Waals surface area contributed by atoms with Crippen LogP contribution < -0.4 is 5.73 Å². The third-order valence-corrected chi connectivity index (χ3v) is 3.28. The summed E-state index contributed by atoms with van der Waals surface area (Å²) in [6.07, 6.45) is 0. The first-order valence-electron chi connectivity index (χ1n) is 2.51. The Labute approximate surface area is 80.8 Å². The Morgan fingerprint density at radius 1 is 1.30 bits per heavy atom. The van der Waals surface area contributed by atoms with E-state index in [1.807, 2.05) is 0 Å². The molecule has 1 aromatic carbocycles. The van der Waals surface area contributed by atoms with Gasteiger partial charge < -0.3 is 5.73 Å². The second-order valence-corrected chi connectivity index (χ2v) is 3.87. The zero-order valence-electron chi connectivity index (χ0n) is 4.87. The summed E-state index contributed by atoms with van der Waals surface area (Å²) < 4.78 is 1.72. The number of benzene rings is 1. The van der Waals surface area contributed by atoms with Crippen LogP contribution in [0.4, 0.5) is 5.69 Å². The SMILES string of the molecule is Nc1cc(Cl)cc(Br)c1Br. The van der Waals surface area contributed by atoms with E-state index >= 15 is 0 Å². The lowest BCUT2D eigenvalue weighted by molar-refractivity contribution is 1.58. The topological polar surface area (TPSA) is 26.0 Å². The highest BCUT2D eigenvalue weighted by Gasteiger charge is 2.01. The highest BCUT2D eigenvalue weighted by Crippen LogP contribution is 2.31. The van der Waals surface area contributed by atoms with Gasteiger partial charge in [0.1, 0.15) is 0 Å². The van der Waals surface area contributed by atoms with Crippen molar-refractivity contribution in [3.8, 4) is 0 Å². The van der Waals surface area contributed by atoms with Crippen LogP contribution in [0.2, 0.25) is 5.02 Å². The van der Waals surface area contributed by atoms with Crippen LogP contribution in [0.15, 0.2) is 21.1 Å². The fourth-order valence-corrected chi connectivity index (χ4v) is 1.64. The fraction of sp³-hybridized carbons (Fsp3) is 0. The molecule has 1 nitrogen and oxygen atoms in total. The number of rotatable bonds is 0. The largest absolute Gasteiger partial charge is 0.398 e. The molecule has 0 fully saturated rings. The molecule has 10 heavy (non-hydrogen) atoms. The molecule has 0 aliphatic rings. The molecule has 0 bridgehead atoms. The maximum atomic E-state index is 5.69. The van der Waals surface area contributed by atoms with Gasteiger partial charge in [0.25, 0.3) is 0 Å². The molecular formula is C6H4Br2ClN. The highest BCUT2D eigenvalue weighted by atomic mass is 79.9. The van der Waals surface area contributed by atoms with Crippen LogP contribution in [0.25, 0.3) is 0 Å². The Bertz CT molecular complexity index is 239. The lowest BCUT2D eigenvalue weighted by atomic mass is 10.3. The summed E-state index contributed by atoms with van der Waals surface area (Å²) in [5.41, 5.74) is 6.20. The van der Waals surface area contributed by atoms with E-state index in [4.69, 9.17) is 17.3 Å². The molecule has 4 heteroatoms. The van der Waals surface area contributed by atoms with Crippen LogP contribution >= 0.6 is 43.5 Å². The number of hydrogen-bond donors (Lipinski definition) is 1. The molecule has 2 N–H and O–H groups in total. The summed E-state index contributed by atoms with van der Waals surface area (Å²) in [6.45, 7) is 0. The number of hydrogen-bond acceptors (Lipinski definition) is 1. The van der Waals surface area contributed by atoms with E-state index in [2.05, 4.69) is 31.9 Å². The molecule has 0 saturated heterocycles. The van der Waals surface area contributed by atoms with Crippen LogP contribution in [0.3, 0.4) is 0 Å². The first-order chi connectivity index (χ1) is 4.61. The third-order valence-electron chi connectivity index (χ3n) is 1.02. The molecule has 0 aromatic heterocycles. The summed E-state index contributed by atoms with van der Waals surface area (Å²) >= 11 is 12.3. The maximum Gasteiger partial charge on any atom is 0.0547 e. The predicted octanol–water partition coefficient (Wildman–Crippen LogP) is 3.45. The fourth-order valence-electron chi connectivity index (χ4n) is 0.576. The van der Waals surface area contributed by atoms with E-state index in [0.29, 0.717) is 10.7 Å². The number of anilines is 1. The van der Waals surface area contributed by atoms with E-state index in [1.165, 1.54) is 0 Å². The average molecular weight is 285 g/mol. The van der Waals surface area contributed by atoms with E-state index in [0.717, 1.165) is 8.95 Å². The van der Waals surface area contributed by atoms with Gasteiger partial charge in [0.05, 0.1) is 4.47 Å². The Kier molecular flexibility index (Phi) is 2.61. The molecule has 0 amide bonds. The van der Waals surface area contributed by atoms with Crippen LogP contribution in [-0.2, 0) is 0 Å². The molecule has 1 rings (SSSR count). The van der Waals surface area contributed by atoms with Crippen molar-refractivity contribution in [1.29, 1.82) is 0 Å². The van der Waals surface area contributed by atoms with Gasteiger partial charge in [0.15, 0.2) is 0 Å². The number of halogens is 3. The van der Waals surface area contributed by atoms with E-state index in [1.54, 1.807) is 12.1 Å². The van der Waals surface area contributed by atoms with Gasteiger partial charge in [-0.3, -0.25) is 0 Å². The van der Waals surface area contributed by atoms with Crippen molar-refractivity contribution >= 4 is 49.1 Å². The van der Waals surface area contributed by atoms with E-state index in [-0.39, 0.29) is 0 Å². The van der Waals surface area contributed by atoms with Crippen molar-refractivity contribution in [3.63, 3.8) is 0 Å². The molecule has 0 atom stereocenters. The zero-order valence-corrected chi connectivity index (χ0v) is 8.79. The van der Waals surface area contributed by atoms with Gasteiger partial charge >= 0.3 is 0 Å². The summed E-state index contributed by atoms with van der Waals surface area (Å²) in [4.78, 5) is 0. The third kappa shape index (κ3) is 1.65. The molecule has 0 radical (unpaired) electrons. The molecule has 0 aliphatic carbocycles. The highest BCUT2D eigenvalue weighted by molar-refractivity contribution is 9.13. The lowest BCUT2D eigenvalue weighted by Gasteiger charge is -2.00. The van der Waals surface area contributed by atoms with Crippen molar-refractivity contribution < 1.29 is 0 Å². The monoisotopic (exact) mass is 283 g/mol. The second-order valence-electron chi connectivity index (χ2n) is 1.79. The van der Waals surface area contributed by atoms with Crippen molar-refractivity contribution in [2.24, 2.45) is 0 Å². The predicted molar refractivity (Wildman–Crippen MR) is 51.3 cm³/mol. The first-order valence-corrected chi connectivity index (χ1v) is 4.47. The summed E-state index contributed by atoms with van der Waals surface area (Å²) in [5.74, 6) is 0. The van der Waals surface area contributed by atoms with Crippen LogP contribution in [-0.4, -0.2) is 0 Å². The quantitative estimate of drug-likeness (QED) is 0.573. The molecule has 0 saturated carbocycles. The summed E-state index contributed by atoms with van der Waals surface area (Å²) in [6, 6.07) is 3.47. The molecule has 0 spiro atoms. The standard InChI is InChI=1S/C6H4Br2ClN/c7-4-1-3(9)2-5(10)6(4)8/h1-2H,10H2. The molecular weight excluding hydrogens is 281 g/mol. The van der Waals surface area contributed by atoms with Gasteiger partial charge in [-0.25, -0.2) is 0 Å². The Morgan fingerprint density at radius 2 is 1.90 bits per heavy atom. The van der Waals surface area contributed by atoms with Crippen molar-refractivity contribution in [3.05, 3.63) is 26.1 Å². The molecule has 0 heterocycles. The van der Waals surface area contributed by atoms with Crippen LogP contribution in [0, 0.1) is 0 Å². The lowest BCUT2D eigenvalue weighted by Crippen LogP contribution is -1.86. The second kappa shape index (κ2) is 3.11. The summed E-state index contributed by atoms with van der Waals surface area (Å²) in [5, 5.41) is 0.632. The van der Waals surface area contributed by atoms with Crippen molar-refractivity contribution in [1.82, 2.24) is 0 Å². The summed E-state index contributed by atoms with van der Waals surface area (Å²) in [7, 11) is 0. The van der Waals surface area contributed by atoms with Gasteiger partial charge in [-0.2, -0.15) is 0 Å². The normalized spacial score (nSPS) is 9.90. The smallest absolute Gasteiger partial charge is 0.0547 e. The maximum absolute atomic E-state index is 5.69. The Hall–Kier alpha value is 0.270. The number of nitrogen functional groups attached to an aromatic ring is 1. The Balaban J connectivity index is 3.31. The van der Waals surface area contributed by atoms with Gasteiger partial charge in [-0.05, 0) is 44.0 Å². The number of nitrogens with two attached hydrogens (primary N) is 1. The van der Waals surface area contributed by atoms with Gasteiger partial charge in [-0.15, -0.1) is 0 Å². The van der Waals surface area contributed by atoms with Gasteiger partial charge in [-0.1, -0.05) is 11.6 Å². The van der Waals surface area contributed by atoms with Crippen molar-refractivity contribution in [2.75, 3.05) is 5.73 Å². The minimum absolute atomic E-state index is 0.632. The molecule has 54 valence electrons. The van der Waals surface area contributed by atoms with E-state index < -0.39 is 0 Å². The van der Waals surface area contributed by atoms with Crippen LogP contribution in [0.1, 0.15) is 0 Å².